The molecule has 0 aromatic heterocycles. The molecule has 2 aliphatic rings. The van der Waals surface area contributed by atoms with Crippen LogP contribution in [0, 0.1) is 10.1 Å². The third kappa shape index (κ3) is 3.16. The summed E-state index contributed by atoms with van der Waals surface area (Å²) in [5.41, 5.74) is 0.171. The first-order valence-electron chi connectivity index (χ1n) is 7.03. The molecule has 7 heteroatoms. The first kappa shape index (κ1) is 14.3. The number of non-ortho nitro benzene ring substituents is 1. The van der Waals surface area contributed by atoms with Crippen LogP contribution < -0.4 is 5.32 Å². The van der Waals surface area contributed by atoms with Crippen molar-refractivity contribution in [3.63, 3.8) is 0 Å². The lowest BCUT2D eigenvalue weighted by atomic mass is 10.1. The summed E-state index contributed by atoms with van der Waals surface area (Å²) >= 11 is 5.97. The SMILES string of the molecule is O=C(NC1CCN(C2CC2)C1)c1ccc([N+](=O)[O-])cc1Cl. The number of nitro groups is 1. The summed E-state index contributed by atoms with van der Waals surface area (Å²) in [4.78, 5) is 24.7. The van der Waals surface area contributed by atoms with Gasteiger partial charge in [-0.25, -0.2) is 0 Å². The number of amides is 1. The van der Waals surface area contributed by atoms with Gasteiger partial charge in [0.05, 0.1) is 15.5 Å². The number of hydrogen-bond acceptors (Lipinski definition) is 4. The summed E-state index contributed by atoms with van der Waals surface area (Å²) in [6, 6.07) is 4.75. The predicted octanol–water partition coefficient (Wildman–Crippen LogP) is 2.21. The van der Waals surface area contributed by atoms with Crippen molar-refractivity contribution < 1.29 is 9.72 Å². The van der Waals surface area contributed by atoms with E-state index in [4.69, 9.17) is 11.6 Å². The summed E-state index contributed by atoms with van der Waals surface area (Å²) in [6.07, 6.45) is 3.45. The van der Waals surface area contributed by atoms with Crippen LogP contribution in [0.2, 0.25) is 5.02 Å². The highest BCUT2D eigenvalue weighted by Gasteiger charge is 2.35. The topological polar surface area (TPSA) is 75.5 Å². The Balaban J connectivity index is 1.64. The molecule has 1 N–H and O–H groups in total. The average molecular weight is 310 g/mol. The molecule has 1 saturated carbocycles. The van der Waals surface area contributed by atoms with Crippen molar-refractivity contribution in [3.8, 4) is 0 Å². The summed E-state index contributed by atoms with van der Waals surface area (Å²) < 4.78 is 0. The van der Waals surface area contributed by atoms with E-state index in [1.807, 2.05) is 0 Å². The fourth-order valence-corrected chi connectivity index (χ4v) is 3.00. The molecule has 1 unspecified atom stereocenters. The largest absolute Gasteiger partial charge is 0.348 e. The smallest absolute Gasteiger partial charge is 0.270 e. The molecule has 1 aromatic carbocycles. The van der Waals surface area contributed by atoms with Crippen molar-refractivity contribution in [2.75, 3.05) is 13.1 Å². The van der Waals surface area contributed by atoms with Crippen molar-refractivity contribution in [2.24, 2.45) is 0 Å². The Labute approximate surface area is 127 Å². The van der Waals surface area contributed by atoms with E-state index in [1.54, 1.807) is 0 Å². The number of benzene rings is 1. The molecule has 21 heavy (non-hydrogen) atoms. The average Bonchev–Trinajstić information content (AvgIpc) is 3.19. The third-order valence-corrected chi connectivity index (χ3v) is 4.34. The van der Waals surface area contributed by atoms with E-state index < -0.39 is 4.92 Å². The number of rotatable bonds is 4. The van der Waals surface area contributed by atoms with E-state index in [1.165, 1.54) is 31.0 Å². The lowest BCUT2D eigenvalue weighted by Crippen LogP contribution is -2.37. The Morgan fingerprint density at radius 2 is 2.14 bits per heavy atom. The molecule has 1 aliphatic heterocycles. The van der Waals surface area contributed by atoms with Crippen LogP contribution in [0.1, 0.15) is 29.6 Å². The summed E-state index contributed by atoms with van der Waals surface area (Å²) in [7, 11) is 0. The molecular weight excluding hydrogens is 294 g/mol. The molecule has 3 rings (SSSR count). The zero-order valence-corrected chi connectivity index (χ0v) is 12.2. The lowest BCUT2D eigenvalue weighted by molar-refractivity contribution is -0.384. The highest BCUT2D eigenvalue weighted by molar-refractivity contribution is 6.34. The number of likely N-dealkylation sites (tertiary alicyclic amines) is 1. The van der Waals surface area contributed by atoms with Crippen molar-refractivity contribution in [1.82, 2.24) is 10.2 Å². The van der Waals surface area contributed by atoms with Gasteiger partial charge >= 0.3 is 0 Å². The number of halogens is 1. The van der Waals surface area contributed by atoms with Gasteiger partial charge in [0.1, 0.15) is 0 Å². The van der Waals surface area contributed by atoms with Crippen LogP contribution >= 0.6 is 11.6 Å². The van der Waals surface area contributed by atoms with E-state index in [2.05, 4.69) is 10.2 Å². The molecule has 112 valence electrons. The zero-order valence-electron chi connectivity index (χ0n) is 11.4. The summed E-state index contributed by atoms with van der Waals surface area (Å²) in [5.74, 6) is -0.266. The molecule has 1 aromatic rings. The second-order valence-electron chi connectivity index (χ2n) is 5.61. The van der Waals surface area contributed by atoms with Crippen LogP contribution in [0.5, 0.6) is 0 Å². The molecular formula is C14H16ClN3O3. The maximum Gasteiger partial charge on any atom is 0.270 e. The van der Waals surface area contributed by atoms with Gasteiger partial charge in [-0.15, -0.1) is 0 Å². The van der Waals surface area contributed by atoms with Gasteiger partial charge in [0, 0.05) is 37.3 Å². The van der Waals surface area contributed by atoms with Crippen molar-refractivity contribution in [1.29, 1.82) is 0 Å². The minimum atomic E-state index is -0.530. The molecule has 1 saturated heterocycles. The van der Waals surface area contributed by atoms with Crippen molar-refractivity contribution in [3.05, 3.63) is 38.9 Å². The predicted molar refractivity (Wildman–Crippen MR) is 78.6 cm³/mol. The molecule has 1 atom stereocenters. The molecule has 6 nitrogen and oxygen atoms in total. The number of nitrogens with one attached hydrogen (secondary N) is 1. The Bertz CT molecular complexity index is 589. The van der Waals surface area contributed by atoms with Gasteiger partial charge < -0.3 is 5.32 Å². The van der Waals surface area contributed by atoms with Crippen LogP contribution in [0.4, 0.5) is 5.69 Å². The second kappa shape index (κ2) is 5.61. The Morgan fingerprint density at radius 1 is 1.38 bits per heavy atom. The lowest BCUT2D eigenvalue weighted by Gasteiger charge is -2.16. The molecule has 2 fully saturated rings. The molecule has 0 spiro atoms. The van der Waals surface area contributed by atoms with Gasteiger partial charge in [-0.3, -0.25) is 19.8 Å². The molecule has 1 amide bonds. The van der Waals surface area contributed by atoms with E-state index in [0.29, 0.717) is 6.04 Å². The maximum absolute atomic E-state index is 12.2. The first-order valence-corrected chi connectivity index (χ1v) is 7.41. The van der Waals surface area contributed by atoms with E-state index in [0.717, 1.165) is 19.5 Å². The highest BCUT2D eigenvalue weighted by Crippen LogP contribution is 2.30. The van der Waals surface area contributed by atoms with Crippen LogP contribution in [0.15, 0.2) is 18.2 Å². The molecule has 1 heterocycles. The number of nitro benzene ring substituents is 1. The summed E-state index contributed by atoms with van der Waals surface area (Å²) in [5, 5.41) is 13.7. The van der Waals surface area contributed by atoms with Crippen LogP contribution in [-0.2, 0) is 0 Å². The maximum atomic E-state index is 12.2. The van der Waals surface area contributed by atoms with Crippen LogP contribution in [0.3, 0.4) is 0 Å². The van der Waals surface area contributed by atoms with Gasteiger partial charge in [-0.1, -0.05) is 11.6 Å². The number of carbonyl (C=O) groups excluding carboxylic acids is 1. The fourth-order valence-electron chi connectivity index (χ4n) is 2.74. The van der Waals surface area contributed by atoms with Gasteiger partial charge in [-0.2, -0.15) is 0 Å². The van der Waals surface area contributed by atoms with Crippen LogP contribution in [-0.4, -0.2) is 40.9 Å². The Hall–Kier alpha value is -1.66. The monoisotopic (exact) mass is 309 g/mol. The minimum Gasteiger partial charge on any atom is -0.348 e. The third-order valence-electron chi connectivity index (χ3n) is 4.03. The number of hydrogen-bond donors (Lipinski definition) is 1. The van der Waals surface area contributed by atoms with Gasteiger partial charge in [0.15, 0.2) is 0 Å². The van der Waals surface area contributed by atoms with Crippen LogP contribution in [0.25, 0.3) is 0 Å². The van der Waals surface area contributed by atoms with E-state index in [-0.39, 0.29) is 28.2 Å². The van der Waals surface area contributed by atoms with Crippen molar-refractivity contribution in [2.45, 2.75) is 31.3 Å². The van der Waals surface area contributed by atoms with E-state index >= 15 is 0 Å². The highest BCUT2D eigenvalue weighted by atomic mass is 35.5. The first-order chi connectivity index (χ1) is 10.0. The summed E-state index contributed by atoms with van der Waals surface area (Å²) in [6.45, 7) is 1.89. The number of carbonyl (C=O) groups is 1. The van der Waals surface area contributed by atoms with Gasteiger partial charge in [0.2, 0.25) is 0 Å². The van der Waals surface area contributed by atoms with E-state index in [9.17, 15) is 14.9 Å². The van der Waals surface area contributed by atoms with Gasteiger partial charge in [-0.05, 0) is 25.3 Å². The number of nitrogens with zero attached hydrogens (tertiary/aromatic N) is 2. The second-order valence-corrected chi connectivity index (χ2v) is 6.01. The molecule has 1 aliphatic carbocycles. The fraction of sp³-hybridized carbons (Fsp3) is 0.500. The Kier molecular flexibility index (Phi) is 3.82. The molecule has 0 bridgehead atoms. The standard InChI is InChI=1S/C14H16ClN3O3/c15-13-7-11(18(20)21)3-4-12(13)14(19)16-9-5-6-17(8-9)10-1-2-10/h3-4,7,9-10H,1-2,5-6,8H2,(H,16,19). The normalized spacial score (nSPS) is 22.2. The molecule has 0 radical (unpaired) electrons. The zero-order chi connectivity index (χ0) is 15.0. The van der Waals surface area contributed by atoms with Crippen molar-refractivity contribution >= 4 is 23.2 Å². The quantitative estimate of drug-likeness (QED) is 0.683. The Morgan fingerprint density at radius 3 is 2.76 bits per heavy atom. The minimum absolute atomic E-state index is 0.110. The van der Waals surface area contributed by atoms with Gasteiger partial charge in [0.25, 0.3) is 11.6 Å².